The Balaban J connectivity index is 1.80. The highest BCUT2D eigenvalue weighted by Gasteiger charge is 2.18. The average Bonchev–Trinajstić information content (AvgIpc) is 2.98. The maximum atomic E-state index is 12.1. The number of rotatable bonds is 6. The van der Waals surface area contributed by atoms with Gasteiger partial charge in [0.1, 0.15) is 0 Å². The highest BCUT2D eigenvalue weighted by atomic mass is 16.5. The van der Waals surface area contributed by atoms with Gasteiger partial charge in [-0.15, -0.1) is 0 Å². The third kappa shape index (κ3) is 4.56. The second-order valence-electron chi connectivity index (χ2n) is 5.43. The van der Waals surface area contributed by atoms with E-state index in [9.17, 15) is 9.59 Å². The second kappa shape index (κ2) is 7.22. The summed E-state index contributed by atoms with van der Waals surface area (Å²) in [7, 11) is 1.77. The van der Waals surface area contributed by atoms with Gasteiger partial charge in [-0.2, -0.15) is 0 Å². The molecule has 1 N–H and O–H groups in total. The van der Waals surface area contributed by atoms with Crippen LogP contribution >= 0.6 is 0 Å². The number of hydrogen-bond donors (Lipinski definition) is 1. The first-order chi connectivity index (χ1) is 10.1. The Kier molecular flexibility index (Phi) is 5.33. The number of carbonyl (C=O) groups excluding carboxylic acids is 1. The van der Waals surface area contributed by atoms with E-state index in [-0.39, 0.29) is 17.6 Å². The van der Waals surface area contributed by atoms with Gasteiger partial charge in [0.05, 0.1) is 11.7 Å². The molecule has 21 heavy (non-hydrogen) atoms. The number of hydrogen-bond acceptors (Lipinski definition) is 3. The van der Waals surface area contributed by atoms with Crippen molar-refractivity contribution in [3.05, 3.63) is 35.4 Å². The SMILES string of the molecule is CN(Cc1ccc(C(=O)O)cc1)C(=O)CCC1CCCO1. The van der Waals surface area contributed by atoms with Crippen LogP contribution in [0.4, 0.5) is 0 Å². The number of aromatic carboxylic acids is 1. The molecule has 5 heteroatoms. The van der Waals surface area contributed by atoms with Crippen LogP contribution in [0.25, 0.3) is 0 Å². The predicted molar refractivity (Wildman–Crippen MR) is 78.1 cm³/mol. The Morgan fingerprint density at radius 3 is 2.62 bits per heavy atom. The topological polar surface area (TPSA) is 66.8 Å². The summed E-state index contributed by atoms with van der Waals surface area (Å²) in [4.78, 5) is 24.5. The average molecular weight is 291 g/mol. The molecule has 1 aromatic rings. The molecule has 0 aliphatic carbocycles. The van der Waals surface area contributed by atoms with Gasteiger partial charge in [-0.05, 0) is 37.0 Å². The van der Waals surface area contributed by atoms with E-state index >= 15 is 0 Å². The number of ether oxygens (including phenoxy) is 1. The third-order valence-electron chi connectivity index (χ3n) is 3.75. The van der Waals surface area contributed by atoms with Crippen LogP contribution in [0.15, 0.2) is 24.3 Å². The molecule has 1 aliphatic heterocycles. The summed E-state index contributed by atoms with van der Waals surface area (Å²) in [6.07, 6.45) is 3.64. The van der Waals surface area contributed by atoms with Crippen molar-refractivity contribution in [1.29, 1.82) is 0 Å². The van der Waals surface area contributed by atoms with Gasteiger partial charge in [0.25, 0.3) is 0 Å². The van der Waals surface area contributed by atoms with Crippen molar-refractivity contribution in [3.63, 3.8) is 0 Å². The molecule has 1 atom stereocenters. The van der Waals surface area contributed by atoms with Crippen LogP contribution in [-0.2, 0) is 16.1 Å². The van der Waals surface area contributed by atoms with E-state index in [1.54, 1.807) is 36.2 Å². The molecule has 1 heterocycles. The molecule has 1 saturated heterocycles. The van der Waals surface area contributed by atoms with Crippen LogP contribution < -0.4 is 0 Å². The normalized spacial score (nSPS) is 17.7. The summed E-state index contributed by atoms with van der Waals surface area (Å²) in [6, 6.07) is 6.60. The molecule has 0 bridgehead atoms. The third-order valence-corrected chi connectivity index (χ3v) is 3.75. The number of benzene rings is 1. The molecule has 1 unspecified atom stereocenters. The fraction of sp³-hybridized carbons (Fsp3) is 0.500. The molecule has 0 saturated carbocycles. The minimum absolute atomic E-state index is 0.0906. The number of carboxylic acids is 1. The van der Waals surface area contributed by atoms with Crippen molar-refractivity contribution in [2.75, 3.05) is 13.7 Å². The largest absolute Gasteiger partial charge is 0.478 e. The molecule has 0 spiro atoms. The monoisotopic (exact) mass is 291 g/mol. The number of carboxylic acid groups (broad SMARTS) is 1. The van der Waals surface area contributed by atoms with Crippen molar-refractivity contribution in [3.8, 4) is 0 Å². The zero-order valence-corrected chi connectivity index (χ0v) is 12.2. The lowest BCUT2D eigenvalue weighted by molar-refractivity contribution is -0.131. The standard InChI is InChI=1S/C16H21NO4/c1-17(15(18)9-8-14-3-2-10-21-14)11-12-4-6-13(7-5-12)16(19)20/h4-7,14H,2-3,8-11H2,1H3,(H,19,20). The van der Waals surface area contributed by atoms with Gasteiger partial charge in [0, 0.05) is 26.6 Å². The van der Waals surface area contributed by atoms with E-state index in [1.165, 1.54) is 0 Å². The Hall–Kier alpha value is -1.88. The van der Waals surface area contributed by atoms with Crippen LogP contribution in [0.1, 0.15) is 41.6 Å². The van der Waals surface area contributed by atoms with Gasteiger partial charge in [0.15, 0.2) is 0 Å². The Bertz CT molecular complexity index is 492. The minimum Gasteiger partial charge on any atom is -0.478 e. The molecule has 2 rings (SSSR count). The summed E-state index contributed by atoms with van der Waals surface area (Å²) >= 11 is 0. The van der Waals surface area contributed by atoms with Crippen LogP contribution in [0, 0.1) is 0 Å². The van der Waals surface area contributed by atoms with Gasteiger partial charge in [-0.25, -0.2) is 4.79 Å². The van der Waals surface area contributed by atoms with Crippen LogP contribution in [0.5, 0.6) is 0 Å². The molecule has 5 nitrogen and oxygen atoms in total. The Labute approximate surface area is 124 Å². The first-order valence-electron chi connectivity index (χ1n) is 7.24. The number of amides is 1. The molecule has 1 aliphatic rings. The quantitative estimate of drug-likeness (QED) is 0.873. The van der Waals surface area contributed by atoms with Crippen molar-refractivity contribution in [1.82, 2.24) is 4.90 Å². The lowest BCUT2D eigenvalue weighted by atomic mass is 10.1. The number of carbonyl (C=O) groups is 2. The first-order valence-corrected chi connectivity index (χ1v) is 7.24. The van der Waals surface area contributed by atoms with Crippen LogP contribution in [0.3, 0.4) is 0 Å². The summed E-state index contributed by atoms with van der Waals surface area (Å²) in [5, 5.41) is 8.84. The predicted octanol–water partition coefficient (Wildman–Crippen LogP) is 2.30. The van der Waals surface area contributed by atoms with Gasteiger partial charge in [0.2, 0.25) is 5.91 Å². The van der Waals surface area contributed by atoms with Crippen molar-refractivity contribution in [2.45, 2.75) is 38.3 Å². The van der Waals surface area contributed by atoms with E-state index in [4.69, 9.17) is 9.84 Å². The van der Waals surface area contributed by atoms with Crippen LogP contribution in [-0.4, -0.2) is 41.6 Å². The fourth-order valence-corrected chi connectivity index (χ4v) is 2.46. The minimum atomic E-state index is -0.942. The van der Waals surface area contributed by atoms with E-state index in [0.717, 1.165) is 31.4 Å². The molecular formula is C16H21NO4. The summed E-state index contributed by atoms with van der Waals surface area (Å²) in [5.41, 5.74) is 1.18. The van der Waals surface area contributed by atoms with Gasteiger partial charge in [-0.1, -0.05) is 12.1 Å². The Morgan fingerprint density at radius 2 is 2.05 bits per heavy atom. The van der Waals surface area contributed by atoms with E-state index in [1.807, 2.05) is 0 Å². The van der Waals surface area contributed by atoms with Crippen LogP contribution in [0.2, 0.25) is 0 Å². The molecular weight excluding hydrogens is 270 g/mol. The zero-order valence-electron chi connectivity index (χ0n) is 12.2. The first kappa shape index (κ1) is 15.5. The maximum absolute atomic E-state index is 12.1. The maximum Gasteiger partial charge on any atom is 0.335 e. The molecule has 0 radical (unpaired) electrons. The summed E-state index contributed by atoms with van der Waals surface area (Å²) < 4.78 is 5.51. The molecule has 1 amide bonds. The van der Waals surface area contributed by atoms with Crippen molar-refractivity contribution < 1.29 is 19.4 Å². The van der Waals surface area contributed by atoms with E-state index in [0.29, 0.717) is 13.0 Å². The summed E-state index contributed by atoms with van der Waals surface area (Å²) in [5.74, 6) is -0.852. The molecule has 1 fully saturated rings. The van der Waals surface area contributed by atoms with Gasteiger partial charge < -0.3 is 14.7 Å². The highest BCUT2D eigenvalue weighted by Crippen LogP contribution is 2.17. The smallest absolute Gasteiger partial charge is 0.335 e. The van der Waals surface area contributed by atoms with E-state index < -0.39 is 5.97 Å². The van der Waals surface area contributed by atoms with Crippen molar-refractivity contribution in [2.24, 2.45) is 0 Å². The zero-order chi connectivity index (χ0) is 15.2. The molecule has 114 valence electrons. The lowest BCUT2D eigenvalue weighted by Gasteiger charge is -2.18. The molecule has 1 aromatic carbocycles. The highest BCUT2D eigenvalue weighted by molar-refractivity contribution is 5.87. The van der Waals surface area contributed by atoms with Gasteiger partial charge in [-0.3, -0.25) is 4.79 Å². The molecule has 0 aromatic heterocycles. The fourth-order valence-electron chi connectivity index (χ4n) is 2.46. The number of nitrogens with zero attached hydrogens (tertiary/aromatic N) is 1. The van der Waals surface area contributed by atoms with Gasteiger partial charge >= 0.3 is 5.97 Å². The summed E-state index contributed by atoms with van der Waals surface area (Å²) in [6.45, 7) is 1.30. The van der Waals surface area contributed by atoms with Crippen molar-refractivity contribution >= 4 is 11.9 Å². The lowest BCUT2D eigenvalue weighted by Crippen LogP contribution is -2.27. The second-order valence-corrected chi connectivity index (χ2v) is 5.43. The van der Waals surface area contributed by atoms with E-state index in [2.05, 4.69) is 0 Å². The Morgan fingerprint density at radius 1 is 1.33 bits per heavy atom.